The van der Waals surface area contributed by atoms with Crippen LogP contribution in [0, 0.1) is 0 Å². The molecular formula is C11H16N2. The summed E-state index contributed by atoms with van der Waals surface area (Å²) in [4.78, 5) is 4.44. The van der Waals surface area contributed by atoms with E-state index in [2.05, 4.69) is 36.3 Å². The third kappa shape index (κ3) is 1.35. The highest BCUT2D eigenvalue weighted by Gasteiger charge is 2.37. The van der Waals surface area contributed by atoms with Gasteiger partial charge in [0, 0.05) is 23.3 Å². The van der Waals surface area contributed by atoms with Gasteiger partial charge in [-0.2, -0.15) is 0 Å². The highest BCUT2D eigenvalue weighted by molar-refractivity contribution is 5.20. The number of rotatable bonds is 1. The zero-order valence-corrected chi connectivity index (χ0v) is 8.25. The first kappa shape index (κ1) is 8.70. The molecular weight excluding hydrogens is 160 g/mol. The van der Waals surface area contributed by atoms with Crippen molar-refractivity contribution in [3.8, 4) is 0 Å². The average molecular weight is 176 g/mol. The second kappa shape index (κ2) is 3.11. The fourth-order valence-corrected chi connectivity index (χ4v) is 2.04. The van der Waals surface area contributed by atoms with Crippen molar-refractivity contribution < 1.29 is 0 Å². The van der Waals surface area contributed by atoms with Crippen LogP contribution in [0.3, 0.4) is 0 Å². The van der Waals surface area contributed by atoms with Gasteiger partial charge >= 0.3 is 0 Å². The second-order valence-corrected chi connectivity index (χ2v) is 4.06. The van der Waals surface area contributed by atoms with E-state index in [0.717, 1.165) is 6.54 Å². The lowest BCUT2D eigenvalue weighted by molar-refractivity contribution is 0.416. The lowest BCUT2D eigenvalue weighted by Crippen LogP contribution is -2.35. The number of pyridine rings is 1. The fraction of sp³-hybridized carbons (Fsp3) is 0.545. The minimum atomic E-state index is 0.223. The monoisotopic (exact) mass is 176 g/mol. The summed E-state index contributed by atoms with van der Waals surface area (Å²) in [5, 5.41) is 3.47. The molecule has 0 amide bonds. The molecule has 2 nitrogen and oxygen atoms in total. The summed E-state index contributed by atoms with van der Waals surface area (Å²) in [7, 11) is 0. The van der Waals surface area contributed by atoms with Gasteiger partial charge in [-0.1, -0.05) is 13.0 Å². The van der Waals surface area contributed by atoms with Gasteiger partial charge in [-0.05, 0) is 32.0 Å². The standard InChI is InChI=1S/C11H16N2/c1-9-11(2,6-8-12-9)10-5-3-4-7-13-10/h3-5,7,9,12H,6,8H2,1-2H3. The van der Waals surface area contributed by atoms with E-state index in [1.807, 2.05) is 12.3 Å². The summed E-state index contributed by atoms with van der Waals surface area (Å²) in [6.07, 6.45) is 3.07. The molecule has 0 aliphatic carbocycles. The van der Waals surface area contributed by atoms with Crippen LogP contribution in [0.15, 0.2) is 24.4 Å². The van der Waals surface area contributed by atoms with Crippen molar-refractivity contribution in [2.24, 2.45) is 0 Å². The molecule has 2 unspecified atom stereocenters. The molecule has 0 aromatic carbocycles. The number of hydrogen-bond acceptors (Lipinski definition) is 2. The van der Waals surface area contributed by atoms with Crippen molar-refractivity contribution in [1.82, 2.24) is 10.3 Å². The molecule has 13 heavy (non-hydrogen) atoms. The quantitative estimate of drug-likeness (QED) is 0.704. The Labute approximate surface area is 79.4 Å². The minimum absolute atomic E-state index is 0.223. The molecule has 1 aliphatic heterocycles. The Kier molecular flexibility index (Phi) is 2.08. The van der Waals surface area contributed by atoms with E-state index < -0.39 is 0 Å². The van der Waals surface area contributed by atoms with Crippen LogP contribution in [0.25, 0.3) is 0 Å². The smallest absolute Gasteiger partial charge is 0.0478 e. The molecule has 1 aromatic rings. The zero-order chi connectivity index (χ0) is 9.31. The Balaban J connectivity index is 2.34. The van der Waals surface area contributed by atoms with E-state index in [1.165, 1.54) is 12.1 Å². The zero-order valence-electron chi connectivity index (χ0n) is 8.25. The summed E-state index contributed by atoms with van der Waals surface area (Å²) < 4.78 is 0. The number of hydrogen-bond donors (Lipinski definition) is 1. The number of aromatic nitrogens is 1. The van der Waals surface area contributed by atoms with Crippen molar-refractivity contribution in [2.45, 2.75) is 31.7 Å². The molecule has 1 aliphatic rings. The third-order valence-corrected chi connectivity index (χ3v) is 3.30. The van der Waals surface area contributed by atoms with Crippen molar-refractivity contribution >= 4 is 0 Å². The van der Waals surface area contributed by atoms with Crippen LogP contribution in [0.4, 0.5) is 0 Å². The highest BCUT2D eigenvalue weighted by Crippen LogP contribution is 2.33. The molecule has 2 rings (SSSR count). The Hall–Kier alpha value is -0.890. The molecule has 2 heteroatoms. The van der Waals surface area contributed by atoms with Gasteiger partial charge in [0.05, 0.1) is 0 Å². The molecule has 2 atom stereocenters. The van der Waals surface area contributed by atoms with Gasteiger partial charge in [0.25, 0.3) is 0 Å². The number of nitrogens with zero attached hydrogens (tertiary/aromatic N) is 1. The maximum Gasteiger partial charge on any atom is 0.0478 e. The van der Waals surface area contributed by atoms with Gasteiger partial charge in [-0.25, -0.2) is 0 Å². The molecule has 0 saturated carbocycles. The summed E-state index contributed by atoms with van der Waals surface area (Å²) in [6, 6.07) is 6.70. The topological polar surface area (TPSA) is 24.9 Å². The van der Waals surface area contributed by atoms with Crippen LogP contribution in [0.5, 0.6) is 0 Å². The Morgan fingerprint density at radius 1 is 1.54 bits per heavy atom. The summed E-state index contributed by atoms with van der Waals surface area (Å²) in [5.74, 6) is 0. The van der Waals surface area contributed by atoms with Gasteiger partial charge in [0.2, 0.25) is 0 Å². The van der Waals surface area contributed by atoms with Crippen molar-refractivity contribution in [1.29, 1.82) is 0 Å². The number of nitrogens with one attached hydrogen (secondary N) is 1. The predicted octanol–water partition coefficient (Wildman–Crippen LogP) is 1.72. The Morgan fingerprint density at radius 3 is 2.92 bits per heavy atom. The van der Waals surface area contributed by atoms with E-state index in [1.54, 1.807) is 0 Å². The van der Waals surface area contributed by atoms with Crippen LogP contribution < -0.4 is 5.32 Å². The largest absolute Gasteiger partial charge is 0.313 e. The maximum atomic E-state index is 4.44. The normalized spacial score (nSPS) is 33.5. The Morgan fingerprint density at radius 2 is 2.38 bits per heavy atom. The first-order valence-electron chi connectivity index (χ1n) is 4.88. The molecule has 1 N–H and O–H groups in total. The first-order valence-corrected chi connectivity index (χ1v) is 4.88. The molecule has 0 radical (unpaired) electrons. The SMILES string of the molecule is CC1NCCC1(C)c1ccccn1. The van der Waals surface area contributed by atoms with Gasteiger partial charge in [0.1, 0.15) is 0 Å². The summed E-state index contributed by atoms with van der Waals surface area (Å²) >= 11 is 0. The van der Waals surface area contributed by atoms with Crippen molar-refractivity contribution in [2.75, 3.05) is 6.54 Å². The molecule has 1 saturated heterocycles. The van der Waals surface area contributed by atoms with Crippen LogP contribution in [-0.4, -0.2) is 17.6 Å². The van der Waals surface area contributed by atoms with E-state index >= 15 is 0 Å². The van der Waals surface area contributed by atoms with Gasteiger partial charge in [-0.15, -0.1) is 0 Å². The summed E-state index contributed by atoms with van der Waals surface area (Å²) in [6.45, 7) is 5.63. The lowest BCUT2D eigenvalue weighted by Gasteiger charge is -2.27. The minimum Gasteiger partial charge on any atom is -0.313 e. The van der Waals surface area contributed by atoms with E-state index in [9.17, 15) is 0 Å². The van der Waals surface area contributed by atoms with Gasteiger partial charge < -0.3 is 5.32 Å². The molecule has 1 fully saturated rings. The Bertz CT molecular complexity index is 283. The fourth-order valence-electron chi connectivity index (χ4n) is 2.04. The van der Waals surface area contributed by atoms with E-state index in [-0.39, 0.29) is 5.41 Å². The van der Waals surface area contributed by atoms with Crippen LogP contribution in [-0.2, 0) is 5.41 Å². The van der Waals surface area contributed by atoms with E-state index in [0.29, 0.717) is 6.04 Å². The highest BCUT2D eigenvalue weighted by atomic mass is 15.0. The van der Waals surface area contributed by atoms with Crippen LogP contribution >= 0.6 is 0 Å². The van der Waals surface area contributed by atoms with E-state index in [4.69, 9.17) is 0 Å². The second-order valence-electron chi connectivity index (χ2n) is 4.06. The van der Waals surface area contributed by atoms with Gasteiger partial charge in [-0.3, -0.25) is 4.98 Å². The molecule has 2 heterocycles. The van der Waals surface area contributed by atoms with Gasteiger partial charge in [0.15, 0.2) is 0 Å². The average Bonchev–Trinajstić information content (AvgIpc) is 2.50. The summed E-state index contributed by atoms with van der Waals surface area (Å²) in [5.41, 5.74) is 1.44. The molecule has 0 spiro atoms. The van der Waals surface area contributed by atoms with Crippen molar-refractivity contribution in [3.63, 3.8) is 0 Å². The van der Waals surface area contributed by atoms with Crippen LogP contribution in [0.1, 0.15) is 26.0 Å². The third-order valence-electron chi connectivity index (χ3n) is 3.30. The first-order chi connectivity index (χ1) is 6.23. The van der Waals surface area contributed by atoms with Crippen LogP contribution in [0.2, 0.25) is 0 Å². The molecule has 1 aromatic heterocycles. The molecule has 70 valence electrons. The van der Waals surface area contributed by atoms with Crippen molar-refractivity contribution in [3.05, 3.63) is 30.1 Å². The predicted molar refractivity (Wildman–Crippen MR) is 53.7 cm³/mol. The maximum absolute atomic E-state index is 4.44. The lowest BCUT2D eigenvalue weighted by atomic mass is 9.80. The molecule has 0 bridgehead atoms.